The highest BCUT2D eigenvalue weighted by molar-refractivity contribution is 5.81. The van der Waals surface area contributed by atoms with Crippen LogP contribution >= 0.6 is 0 Å². The summed E-state index contributed by atoms with van der Waals surface area (Å²) in [6, 6.07) is 6.72. The molecule has 1 aliphatic rings. The molecule has 1 fully saturated rings. The summed E-state index contributed by atoms with van der Waals surface area (Å²) < 4.78 is 56.8. The third kappa shape index (κ3) is 4.32. The molecule has 31 heavy (non-hydrogen) atoms. The Kier molecular flexibility index (Phi) is 5.79. The monoisotopic (exact) mass is 435 g/mol. The number of fused-ring (bicyclic) bond motifs is 1. The minimum absolute atomic E-state index is 0.00832. The number of rotatable bonds is 5. The number of piperidine rings is 1. The van der Waals surface area contributed by atoms with Crippen molar-refractivity contribution in [2.24, 2.45) is 0 Å². The first kappa shape index (κ1) is 21.4. The van der Waals surface area contributed by atoms with Crippen molar-refractivity contribution in [3.63, 3.8) is 0 Å². The average Bonchev–Trinajstić information content (AvgIpc) is 3.16. The lowest BCUT2D eigenvalue weighted by atomic mass is 9.90. The molecule has 0 radical (unpaired) electrons. The van der Waals surface area contributed by atoms with Gasteiger partial charge in [-0.15, -0.1) is 0 Å². The zero-order valence-corrected chi connectivity index (χ0v) is 17.6. The highest BCUT2D eigenvalue weighted by Gasteiger charge is 2.37. The molecule has 3 heterocycles. The van der Waals surface area contributed by atoms with Gasteiger partial charge in [-0.2, -0.15) is 13.2 Å². The van der Waals surface area contributed by atoms with Crippen LogP contribution in [-0.2, 0) is 12.7 Å². The molecular weight excluding hydrogens is 411 g/mol. The third-order valence-corrected chi connectivity index (χ3v) is 5.76. The summed E-state index contributed by atoms with van der Waals surface area (Å²) in [5.74, 6) is 1.42. The van der Waals surface area contributed by atoms with Gasteiger partial charge >= 0.3 is 6.18 Å². The lowest BCUT2D eigenvalue weighted by Gasteiger charge is -2.31. The first-order valence-electron chi connectivity index (χ1n) is 10.1. The van der Waals surface area contributed by atoms with Crippen LogP contribution in [0.2, 0.25) is 0 Å². The normalized spacial score (nSPS) is 16.1. The van der Waals surface area contributed by atoms with E-state index in [1.807, 2.05) is 18.2 Å². The molecule has 0 aliphatic carbocycles. The van der Waals surface area contributed by atoms with Crippen LogP contribution in [0.4, 0.5) is 13.2 Å². The van der Waals surface area contributed by atoms with Gasteiger partial charge in [-0.05, 0) is 57.1 Å². The van der Waals surface area contributed by atoms with Crippen LogP contribution in [0.15, 0.2) is 28.8 Å². The van der Waals surface area contributed by atoms with E-state index < -0.39 is 11.7 Å². The number of methoxy groups -OCH3 is 2. The lowest BCUT2D eigenvalue weighted by molar-refractivity contribution is -0.136. The SMILES string of the molecule is COc1ccc(OC)c(CN2CCC(c3noc4nc(C)cc(C(F)(F)F)c34)CC2)c1. The van der Waals surface area contributed by atoms with Crippen LogP contribution in [0, 0.1) is 6.92 Å². The molecule has 0 amide bonds. The van der Waals surface area contributed by atoms with E-state index in [4.69, 9.17) is 14.0 Å². The summed E-state index contributed by atoms with van der Waals surface area (Å²) in [5.41, 5.74) is 0.838. The van der Waals surface area contributed by atoms with E-state index in [0.29, 0.717) is 25.1 Å². The highest BCUT2D eigenvalue weighted by atomic mass is 19.4. The molecule has 1 saturated heterocycles. The fraction of sp³-hybridized carbons (Fsp3) is 0.455. The first-order chi connectivity index (χ1) is 14.8. The second kappa shape index (κ2) is 8.37. The van der Waals surface area contributed by atoms with Crippen LogP contribution in [0.3, 0.4) is 0 Å². The summed E-state index contributed by atoms with van der Waals surface area (Å²) in [7, 11) is 3.24. The molecule has 0 spiro atoms. The standard InChI is InChI=1S/C22H24F3N3O3/c1-13-10-17(22(23,24)25)19-20(27-31-21(19)26-13)14-6-8-28(9-7-14)12-15-11-16(29-2)4-5-18(15)30-3/h4-5,10-11,14H,6-9,12H2,1-3H3. The first-order valence-corrected chi connectivity index (χ1v) is 10.1. The van der Waals surface area contributed by atoms with Crippen LogP contribution in [0.25, 0.3) is 11.1 Å². The Bertz CT molecular complexity index is 1070. The van der Waals surface area contributed by atoms with Crippen LogP contribution < -0.4 is 9.47 Å². The molecule has 2 aromatic heterocycles. The van der Waals surface area contributed by atoms with Crippen molar-refractivity contribution < 1.29 is 27.2 Å². The van der Waals surface area contributed by atoms with Crippen molar-refractivity contribution in [3.8, 4) is 11.5 Å². The molecule has 1 aliphatic heterocycles. The Morgan fingerprint density at radius 3 is 2.52 bits per heavy atom. The number of ether oxygens (including phenoxy) is 2. The van der Waals surface area contributed by atoms with Gasteiger partial charge in [0.25, 0.3) is 5.71 Å². The fourth-order valence-electron chi connectivity index (χ4n) is 4.21. The van der Waals surface area contributed by atoms with E-state index in [1.165, 1.54) is 6.92 Å². The number of alkyl halides is 3. The second-order valence-corrected chi connectivity index (χ2v) is 7.79. The van der Waals surface area contributed by atoms with Crippen molar-refractivity contribution in [2.45, 2.75) is 38.4 Å². The molecule has 6 nitrogen and oxygen atoms in total. The van der Waals surface area contributed by atoms with E-state index in [9.17, 15) is 13.2 Å². The third-order valence-electron chi connectivity index (χ3n) is 5.76. The predicted octanol–water partition coefficient (Wildman–Crippen LogP) is 4.95. The topological polar surface area (TPSA) is 60.6 Å². The van der Waals surface area contributed by atoms with Gasteiger partial charge in [-0.25, -0.2) is 4.98 Å². The smallest absolute Gasteiger partial charge is 0.417 e. The molecular formula is C22H24F3N3O3. The molecule has 0 saturated carbocycles. The van der Waals surface area contributed by atoms with Crippen LogP contribution in [-0.4, -0.2) is 42.3 Å². The number of nitrogens with zero attached hydrogens (tertiary/aromatic N) is 3. The van der Waals surface area contributed by atoms with Gasteiger partial charge in [0.05, 0.1) is 30.9 Å². The molecule has 166 valence electrons. The van der Waals surface area contributed by atoms with Gasteiger partial charge in [0.2, 0.25) is 0 Å². The van der Waals surface area contributed by atoms with Gasteiger partial charge < -0.3 is 14.0 Å². The molecule has 0 bridgehead atoms. The summed E-state index contributed by atoms with van der Waals surface area (Å²) >= 11 is 0. The Hall–Kier alpha value is -2.81. The molecule has 0 N–H and O–H groups in total. The molecule has 1 aromatic carbocycles. The quantitative estimate of drug-likeness (QED) is 0.565. The number of hydrogen-bond acceptors (Lipinski definition) is 6. The number of halogens is 3. The number of benzene rings is 1. The van der Waals surface area contributed by atoms with Gasteiger partial charge in [0.15, 0.2) is 0 Å². The van der Waals surface area contributed by atoms with E-state index in [0.717, 1.165) is 36.2 Å². The Balaban J connectivity index is 1.53. The molecule has 4 rings (SSSR count). The zero-order valence-electron chi connectivity index (χ0n) is 17.6. The van der Waals surface area contributed by atoms with Crippen molar-refractivity contribution >= 4 is 11.1 Å². The summed E-state index contributed by atoms with van der Waals surface area (Å²) in [4.78, 5) is 6.36. The lowest BCUT2D eigenvalue weighted by Crippen LogP contribution is -2.32. The Morgan fingerprint density at radius 1 is 1.13 bits per heavy atom. The van der Waals surface area contributed by atoms with Crippen molar-refractivity contribution in [1.82, 2.24) is 15.0 Å². The summed E-state index contributed by atoms with van der Waals surface area (Å²) in [5, 5.41) is 3.99. The molecule has 0 unspecified atom stereocenters. The van der Waals surface area contributed by atoms with Gasteiger partial charge in [-0.3, -0.25) is 4.90 Å². The van der Waals surface area contributed by atoms with Gasteiger partial charge in [-0.1, -0.05) is 5.16 Å². The van der Waals surface area contributed by atoms with E-state index in [1.54, 1.807) is 14.2 Å². The maximum Gasteiger partial charge on any atom is 0.417 e. The minimum Gasteiger partial charge on any atom is -0.497 e. The molecule has 0 atom stereocenters. The number of likely N-dealkylation sites (tertiary alicyclic amines) is 1. The maximum absolute atomic E-state index is 13.6. The van der Waals surface area contributed by atoms with Crippen molar-refractivity contribution in [2.75, 3.05) is 27.3 Å². The van der Waals surface area contributed by atoms with Gasteiger partial charge in [0, 0.05) is 23.7 Å². The summed E-state index contributed by atoms with van der Waals surface area (Å²) in [6.45, 7) is 3.63. The fourth-order valence-corrected chi connectivity index (χ4v) is 4.21. The second-order valence-electron chi connectivity index (χ2n) is 7.79. The van der Waals surface area contributed by atoms with Crippen molar-refractivity contribution in [3.05, 3.63) is 46.8 Å². The predicted molar refractivity (Wildman–Crippen MR) is 108 cm³/mol. The van der Waals surface area contributed by atoms with E-state index in [-0.39, 0.29) is 22.7 Å². The number of pyridine rings is 1. The Labute approximate surface area is 177 Å². The maximum atomic E-state index is 13.6. The highest BCUT2D eigenvalue weighted by Crippen LogP contribution is 2.40. The number of aromatic nitrogens is 2. The largest absolute Gasteiger partial charge is 0.497 e. The van der Waals surface area contributed by atoms with Gasteiger partial charge in [0.1, 0.15) is 11.5 Å². The summed E-state index contributed by atoms with van der Waals surface area (Å²) in [6.07, 6.45) is -3.13. The van der Waals surface area contributed by atoms with Crippen molar-refractivity contribution in [1.29, 1.82) is 0 Å². The number of hydrogen-bond donors (Lipinski definition) is 0. The average molecular weight is 435 g/mol. The minimum atomic E-state index is -4.49. The Morgan fingerprint density at radius 2 is 1.87 bits per heavy atom. The van der Waals surface area contributed by atoms with Crippen LogP contribution in [0.1, 0.15) is 41.3 Å². The van der Waals surface area contributed by atoms with E-state index in [2.05, 4.69) is 15.0 Å². The number of aryl methyl sites for hydroxylation is 1. The molecule has 9 heteroatoms. The van der Waals surface area contributed by atoms with Crippen LogP contribution in [0.5, 0.6) is 11.5 Å². The molecule has 3 aromatic rings. The van der Waals surface area contributed by atoms with E-state index >= 15 is 0 Å². The zero-order chi connectivity index (χ0) is 22.2.